The molecule has 0 bridgehead atoms. The summed E-state index contributed by atoms with van der Waals surface area (Å²) in [5, 5.41) is 9.03. The highest BCUT2D eigenvalue weighted by Gasteiger charge is 2.33. The Labute approximate surface area is 124 Å². The van der Waals surface area contributed by atoms with Crippen molar-refractivity contribution in [3.63, 3.8) is 0 Å². The fraction of sp³-hybridized carbons (Fsp3) is 0.529. The predicted octanol–water partition coefficient (Wildman–Crippen LogP) is 2.58. The van der Waals surface area contributed by atoms with Gasteiger partial charge < -0.3 is 10.0 Å². The van der Waals surface area contributed by atoms with Gasteiger partial charge in [0.25, 0.3) is 0 Å². The molecule has 1 aromatic rings. The summed E-state index contributed by atoms with van der Waals surface area (Å²) >= 11 is 0. The van der Waals surface area contributed by atoms with Gasteiger partial charge in [-0.3, -0.25) is 4.79 Å². The number of carbonyl (C=O) groups is 2. The van der Waals surface area contributed by atoms with Crippen molar-refractivity contribution >= 4 is 11.9 Å². The Morgan fingerprint density at radius 1 is 1.24 bits per heavy atom. The van der Waals surface area contributed by atoms with E-state index in [1.165, 1.54) is 6.42 Å². The lowest BCUT2D eigenvalue weighted by molar-refractivity contribution is -0.137. The Balaban J connectivity index is 1.58. The molecule has 0 spiro atoms. The second-order valence-corrected chi connectivity index (χ2v) is 6.28. The van der Waals surface area contributed by atoms with Gasteiger partial charge in [0.15, 0.2) is 0 Å². The summed E-state index contributed by atoms with van der Waals surface area (Å²) in [7, 11) is 0. The fourth-order valence-electron chi connectivity index (χ4n) is 3.28. The molecule has 1 unspecified atom stereocenters. The largest absolute Gasteiger partial charge is 0.478 e. The van der Waals surface area contributed by atoms with Crippen LogP contribution in [0.1, 0.15) is 41.6 Å². The molecule has 1 saturated heterocycles. The average Bonchev–Trinajstić information content (AvgIpc) is 2.85. The Bertz CT molecular complexity index is 551. The van der Waals surface area contributed by atoms with Gasteiger partial charge in [0.1, 0.15) is 0 Å². The van der Waals surface area contributed by atoms with Crippen LogP contribution in [-0.2, 0) is 11.2 Å². The van der Waals surface area contributed by atoms with E-state index in [1.807, 2.05) is 11.0 Å². The first-order chi connectivity index (χ1) is 10.1. The number of benzene rings is 1. The van der Waals surface area contributed by atoms with Crippen molar-refractivity contribution in [2.75, 3.05) is 13.1 Å². The summed E-state index contributed by atoms with van der Waals surface area (Å²) in [5.41, 5.74) is 1.39. The van der Waals surface area contributed by atoms with E-state index in [-0.39, 0.29) is 5.92 Å². The Hall–Kier alpha value is -1.84. The van der Waals surface area contributed by atoms with Crippen LogP contribution >= 0.6 is 0 Å². The fourth-order valence-corrected chi connectivity index (χ4v) is 3.28. The van der Waals surface area contributed by atoms with E-state index >= 15 is 0 Å². The van der Waals surface area contributed by atoms with Crippen molar-refractivity contribution in [3.8, 4) is 0 Å². The van der Waals surface area contributed by atoms with Crippen LogP contribution in [0.3, 0.4) is 0 Å². The van der Waals surface area contributed by atoms with Gasteiger partial charge in [-0.25, -0.2) is 4.79 Å². The van der Waals surface area contributed by atoms with Crippen LogP contribution in [-0.4, -0.2) is 35.0 Å². The van der Waals surface area contributed by atoms with Gasteiger partial charge in [-0.1, -0.05) is 18.6 Å². The number of aromatic carboxylic acids is 1. The number of hydrogen-bond acceptors (Lipinski definition) is 2. The number of amides is 1. The first-order valence-corrected chi connectivity index (χ1v) is 7.74. The van der Waals surface area contributed by atoms with Crippen molar-refractivity contribution in [2.24, 2.45) is 11.8 Å². The Morgan fingerprint density at radius 2 is 2.05 bits per heavy atom. The van der Waals surface area contributed by atoms with Crippen LogP contribution in [0.15, 0.2) is 24.3 Å². The van der Waals surface area contributed by atoms with E-state index < -0.39 is 5.97 Å². The number of carbonyl (C=O) groups excluding carboxylic acids is 1. The molecule has 1 aliphatic heterocycles. The maximum absolute atomic E-state index is 12.2. The molecule has 1 amide bonds. The van der Waals surface area contributed by atoms with E-state index in [0.29, 0.717) is 17.4 Å². The molecular weight excluding hydrogens is 266 g/mol. The maximum Gasteiger partial charge on any atom is 0.335 e. The molecule has 2 fully saturated rings. The zero-order valence-electron chi connectivity index (χ0n) is 12.1. The summed E-state index contributed by atoms with van der Waals surface area (Å²) in [5.74, 6) is 0.185. The molecule has 2 aliphatic rings. The zero-order valence-corrected chi connectivity index (χ0v) is 12.1. The number of hydrogen-bond donors (Lipinski definition) is 1. The number of rotatable bonds is 4. The third kappa shape index (κ3) is 3.09. The van der Waals surface area contributed by atoms with Crippen LogP contribution in [0.2, 0.25) is 0 Å². The lowest BCUT2D eigenvalue weighted by Gasteiger charge is -2.29. The summed E-state index contributed by atoms with van der Waals surface area (Å²) in [4.78, 5) is 25.2. The van der Waals surface area contributed by atoms with Crippen LogP contribution < -0.4 is 0 Å². The van der Waals surface area contributed by atoms with Gasteiger partial charge in [-0.05, 0) is 49.3 Å². The number of likely N-dealkylation sites (tertiary alicyclic amines) is 1. The molecular formula is C17H21NO3. The monoisotopic (exact) mass is 287 g/mol. The standard InChI is InChI=1S/C17H21NO3/c19-16(14-4-2-5-14)18-8-7-13(11-18)9-12-3-1-6-15(10-12)17(20)21/h1,3,6,10,13-14H,2,4-5,7-9,11H2,(H,20,21). The quantitative estimate of drug-likeness (QED) is 0.926. The molecule has 1 atom stereocenters. The average molecular weight is 287 g/mol. The summed E-state index contributed by atoms with van der Waals surface area (Å²) in [6.07, 6.45) is 5.18. The third-order valence-electron chi connectivity index (χ3n) is 4.75. The second kappa shape index (κ2) is 5.88. The number of carboxylic acid groups (broad SMARTS) is 1. The molecule has 112 valence electrons. The normalized spacial score (nSPS) is 22.1. The van der Waals surface area contributed by atoms with E-state index in [2.05, 4.69) is 0 Å². The maximum atomic E-state index is 12.2. The zero-order chi connectivity index (χ0) is 14.8. The highest BCUT2D eigenvalue weighted by atomic mass is 16.4. The Morgan fingerprint density at radius 3 is 2.71 bits per heavy atom. The van der Waals surface area contributed by atoms with Crippen LogP contribution in [0.25, 0.3) is 0 Å². The van der Waals surface area contributed by atoms with Crippen molar-refractivity contribution in [1.82, 2.24) is 4.90 Å². The van der Waals surface area contributed by atoms with E-state index in [0.717, 1.165) is 44.3 Å². The molecule has 0 aromatic heterocycles. The highest BCUT2D eigenvalue weighted by molar-refractivity contribution is 5.87. The first-order valence-electron chi connectivity index (χ1n) is 7.74. The minimum absolute atomic E-state index is 0.277. The Kier molecular flexibility index (Phi) is 3.95. The minimum atomic E-state index is -0.884. The van der Waals surface area contributed by atoms with E-state index in [4.69, 9.17) is 5.11 Å². The highest BCUT2D eigenvalue weighted by Crippen LogP contribution is 2.31. The topological polar surface area (TPSA) is 57.6 Å². The van der Waals surface area contributed by atoms with Gasteiger partial charge >= 0.3 is 5.97 Å². The summed E-state index contributed by atoms with van der Waals surface area (Å²) in [6.45, 7) is 1.69. The van der Waals surface area contributed by atoms with Gasteiger partial charge in [0, 0.05) is 19.0 Å². The van der Waals surface area contributed by atoms with Crippen LogP contribution in [0, 0.1) is 11.8 Å². The molecule has 1 aromatic carbocycles. The van der Waals surface area contributed by atoms with Gasteiger partial charge in [-0.15, -0.1) is 0 Å². The lowest BCUT2D eigenvalue weighted by atomic mass is 9.84. The van der Waals surface area contributed by atoms with Crippen molar-refractivity contribution in [3.05, 3.63) is 35.4 Å². The minimum Gasteiger partial charge on any atom is -0.478 e. The molecule has 4 nitrogen and oxygen atoms in total. The van der Waals surface area contributed by atoms with E-state index in [9.17, 15) is 9.59 Å². The summed E-state index contributed by atoms with van der Waals surface area (Å²) in [6, 6.07) is 7.14. The second-order valence-electron chi connectivity index (χ2n) is 6.28. The van der Waals surface area contributed by atoms with Gasteiger partial charge in [-0.2, -0.15) is 0 Å². The molecule has 3 rings (SSSR count). The third-order valence-corrected chi connectivity index (χ3v) is 4.75. The molecule has 21 heavy (non-hydrogen) atoms. The molecule has 1 heterocycles. The smallest absolute Gasteiger partial charge is 0.335 e. The van der Waals surface area contributed by atoms with Crippen molar-refractivity contribution < 1.29 is 14.7 Å². The molecule has 1 N–H and O–H groups in total. The van der Waals surface area contributed by atoms with Crippen molar-refractivity contribution in [1.29, 1.82) is 0 Å². The van der Waals surface area contributed by atoms with Crippen LogP contribution in [0.4, 0.5) is 0 Å². The van der Waals surface area contributed by atoms with Gasteiger partial charge in [0.2, 0.25) is 5.91 Å². The molecule has 1 aliphatic carbocycles. The molecule has 4 heteroatoms. The van der Waals surface area contributed by atoms with Crippen molar-refractivity contribution in [2.45, 2.75) is 32.1 Å². The summed E-state index contributed by atoms with van der Waals surface area (Å²) < 4.78 is 0. The van der Waals surface area contributed by atoms with E-state index in [1.54, 1.807) is 18.2 Å². The first kappa shape index (κ1) is 14.1. The van der Waals surface area contributed by atoms with Gasteiger partial charge in [0.05, 0.1) is 5.56 Å². The van der Waals surface area contributed by atoms with Crippen LogP contribution in [0.5, 0.6) is 0 Å². The SMILES string of the molecule is O=C(O)c1cccc(CC2CCN(C(=O)C3CCC3)C2)c1. The molecule has 0 radical (unpaired) electrons. The lowest BCUT2D eigenvalue weighted by Crippen LogP contribution is -2.37. The number of nitrogens with zero attached hydrogens (tertiary/aromatic N) is 1. The predicted molar refractivity (Wildman–Crippen MR) is 79.1 cm³/mol. The number of carboxylic acids is 1. The molecule has 1 saturated carbocycles.